The van der Waals surface area contributed by atoms with E-state index < -0.39 is 12.0 Å². The molecule has 1 aliphatic heterocycles. The average Bonchev–Trinajstić information content (AvgIpc) is 2.50. The normalized spacial score (nSPS) is 17.8. The summed E-state index contributed by atoms with van der Waals surface area (Å²) in [5.41, 5.74) is 2.34. The Hall–Kier alpha value is -1.24. The number of carbonyl (C=O) groups excluding carboxylic acids is 1. The first-order chi connectivity index (χ1) is 10.1. The number of thioether (sulfide) groups is 1. The van der Waals surface area contributed by atoms with Crippen molar-refractivity contribution in [2.75, 3.05) is 12.0 Å². The highest BCUT2D eigenvalue weighted by atomic mass is 35.5. The lowest BCUT2D eigenvalue weighted by Crippen LogP contribution is -2.52. The molecular formula is C15H21ClN2O3S. The van der Waals surface area contributed by atoms with Crippen molar-refractivity contribution >= 4 is 36.0 Å². The number of carbonyl (C=O) groups is 2. The van der Waals surface area contributed by atoms with Crippen LogP contribution in [0, 0.1) is 0 Å². The van der Waals surface area contributed by atoms with E-state index in [4.69, 9.17) is 5.11 Å². The number of halogens is 1. The number of carboxylic acid groups (broad SMARTS) is 1. The van der Waals surface area contributed by atoms with Crippen LogP contribution in [0.15, 0.2) is 24.3 Å². The number of hydrogen-bond donors (Lipinski definition) is 3. The summed E-state index contributed by atoms with van der Waals surface area (Å²) in [5.74, 6) is -0.510. The van der Waals surface area contributed by atoms with Gasteiger partial charge >= 0.3 is 5.97 Å². The summed E-state index contributed by atoms with van der Waals surface area (Å²) in [7, 11) is 0. The minimum absolute atomic E-state index is 0. The highest BCUT2D eigenvalue weighted by molar-refractivity contribution is 7.98. The number of carboxylic acids is 1. The summed E-state index contributed by atoms with van der Waals surface area (Å²) < 4.78 is 0. The Bertz CT molecular complexity index is 527. The van der Waals surface area contributed by atoms with Gasteiger partial charge in [-0.3, -0.25) is 4.79 Å². The van der Waals surface area contributed by atoms with E-state index in [1.807, 2.05) is 30.5 Å². The van der Waals surface area contributed by atoms with Gasteiger partial charge in [0.05, 0.1) is 6.04 Å². The Labute approximate surface area is 140 Å². The van der Waals surface area contributed by atoms with Crippen molar-refractivity contribution in [3.05, 3.63) is 35.4 Å². The highest BCUT2D eigenvalue weighted by Crippen LogP contribution is 2.16. The van der Waals surface area contributed by atoms with E-state index in [0.717, 1.165) is 5.56 Å². The van der Waals surface area contributed by atoms with Crippen molar-refractivity contribution in [3.8, 4) is 0 Å². The molecule has 0 unspecified atom stereocenters. The smallest absolute Gasteiger partial charge is 0.326 e. The van der Waals surface area contributed by atoms with Gasteiger partial charge in [0.1, 0.15) is 6.04 Å². The molecule has 0 spiro atoms. The molecule has 0 saturated heterocycles. The Kier molecular flexibility index (Phi) is 7.72. The van der Waals surface area contributed by atoms with Gasteiger partial charge in [-0.05, 0) is 36.0 Å². The zero-order chi connectivity index (χ0) is 15.2. The predicted octanol–water partition coefficient (Wildman–Crippen LogP) is 1.45. The molecule has 2 rings (SSSR count). The third kappa shape index (κ3) is 4.90. The van der Waals surface area contributed by atoms with Crippen molar-refractivity contribution in [1.82, 2.24) is 10.6 Å². The number of rotatable bonds is 6. The quantitative estimate of drug-likeness (QED) is 0.728. The van der Waals surface area contributed by atoms with Crippen molar-refractivity contribution in [2.45, 2.75) is 31.5 Å². The third-order valence-corrected chi connectivity index (χ3v) is 4.27. The molecule has 0 radical (unpaired) electrons. The third-order valence-electron chi connectivity index (χ3n) is 3.62. The Morgan fingerprint density at radius 2 is 2.09 bits per heavy atom. The van der Waals surface area contributed by atoms with E-state index in [-0.39, 0.29) is 24.4 Å². The average molecular weight is 345 g/mol. The minimum Gasteiger partial charge on any atom is -0.480 e. The number of hydrogen-bond acceptors (Lipinski definition) is 4. The summed E-state index contributed by atoms with van der Waals surface area (Å²) in [5, 5.41) is 15.0. The van der Waals surface area contributed by atoms with E-state index in [0.29, 0.717) is 25.1 Å². The van der Waals surface area contributed by atoms with Gasteiger partial charge in [0.25, 0.3) is 0 Å². The van der Waals surface area contributed by atoms with Crippen LogP contribution in [0.3, 0.4) is 0 Å². The van der Waals surface area contributed by atoms with Crippen LogP contribution >= 0.6 is 24.2 Å². The molecule has 122 valence electrons. The van der Waals surface area contributed by atoms with Gasteiger partial charge in [-0.25, -0.2) is 4.79 Å². The Morgan fingerprint density at radius 3 is 2.73 bits per heavy atom. The first kappa shape index (κ1) is 18.8. The van der Waals surface area contributed by atoms with Gasteiger partial charge in [-0.15, -0.1) is 12.4 Å². The zero-order valence-corrected chi connectivity index (χ0v) is 14.0. The van der Waals surface area contributed by atoms with Crippen molar-refractivity contribution in [3.63, 3.8) is 0 Å². The van der Waals surface area contributed by atoms with Gasteiger partial charge in [0.15, 0.2) is 0 Å². The van der Waals surface area contributed by atoms with Crippen LogP contribution in [-0.4, -0.2) is 41.1 Å². The Morgan fingerprint density at radius 1 is 1.41 bits per heavy atom. The molecule has 1 amide bonds. The Balaban J connectivity index is 0.00000242. The summed E-state index contributed by atoms with van der Waals surface area (Å²) in [6.07, 6.45) is 2.95. The second-order valence-corrected chi connectivity index (χ2v) is 6.07. The molecule has 3 N–H and O–H groups in total. The lowest BCUT2D eigenvalue weighted by molar-refractivity contribution is -0.142. The molecule has 0 aliphatic carbocycles. The van der Waals surface area contributed by atoms with E-state index in [2.05, 4.69) is 10.6 Å². The molecule has 7 heteroatoms. The molecule has 22 heavy (non-hydrogen) atoms. The van der Waals surface area contributed by atoms with Crippen LogP contribution in [-0.2, 0) is 22.6 Å². The maximum Gasteiger partial charge on any atom is 0.326 e. The fourth-order valence-electron chi connectivity index (χ4n) is 2.41. The molecule has 1 aromatic rings. The number of benzene rings is 1. The standard InChI is InChI=1S/C15H20N2O3S.ClH/c1-21-7-6-12(15(19)20)17-14(18)13-8-10-4-2-3-5-11(10)9-16-13;/h2-5,12-13,16H,6-9H2,1H3,(H,17,18)(H,19,20);1H/t12-,13-;/m0./s1. The van der Waals surface area contributed by atoms with E-state index >= 15 is 0 Å². The summed E-state index contributed by atoms with van der Waals surface area (Å²) in [6, 6.07) is 6.80. The maximum absolute atomic E-state index is 12.2. The van der Waals surface area contributed by atoms with Crippen molar-refractivity contribution < 1.29 is 14.7 Å². The molecule has 1 aromatic carbocycles. The monoisotopic (exact) mass is 344 g/mol. The van der Waals surface area contributed by atoms with E-state index in [1.165, 1.54) is 5.56 Å². The van der Waals surface area contributed by atoms with E-state index in [1.54, 1.807) is 11.8 Å². The molecule has 0 fully saturated rings. The number of amides is 1. The topological polar surface area (TPSA) is 78.4 Å². The van der Waals surface area contributed by atoms with Gasteiger partial charge < -0.3 is 15.7 Å². The molecule has 2 atom stereocenters. The van der Waals surface area contributed by atoms with Gasteiger partial charge in [-0.2, -0.15) is 11.8 Å². The van der Waals surface area contributed by atoms with Gasteiger partial charge in [0, 0.05) is 6.54 Å². The molecule has 1 aliphatic rings. The molecule has 1 heterocycles. The van der Waals surface area contributed by atoms with Gasteiger partial charge in [-0.1, -0.05) is 24.3 Å². The fraction of sp³-hybridized carbons (Fsp3) is 0.467. The van der Waals surface area contributed by atoms with Crippen LogP contribution in [0.2, 0.25) is 0 Å². The SMILES string of the molecule is CSCC[C@H](NC(=O)[C@@H]1Cc2ccccc2CN1)C(=O)O.Cl. The second-order valence-electron chi connectivity index (χ2n) is 5.09. The highest BCUT2D eigenvalue weighted by Gasteiger charge is 2.27. The first-order valence-corrected chi connectivity index (χ1v) is 8.33. The fourth-order valence-corrected chi connectivity index (χ4v) is 2.88. The van der Waals surface area contributed by atoms with Crippen LogP contribution in [0.25, 0.3) is 0 Å². The molecule has 0 bridgehead atoms. The molecule has 0 aromatic heterocycles. The summed E-state index contributed by atoms with van der Waals surface area (Å²) >= 11 is 1.57. The lowest BCUT2D eigenvalue weighted by Gasteiger charge is -2.26. The predicted molar refractivity (Wildman–Crippen MR) is 90.6 cm³/mol. The first-order valence-electron chi connectivity index (χ1n) is 6.94. The minimum atomic E-state index is -0.978. The van der Waals surface area contributed by atoms with Crippen LogP contribution in [0.1, 0.15) is 17.5 Å². The number of aliphatic carboxylic acids is 1. The summed E-state index contributed by atoms with van der Waals surface area (Å²) in [4.78, 5) is 23.4. The maximum atomic E-state index is 12.2. The van der Waals surface area contributed by atoms with Crippen LogP contribution in [0.4, 0.5) is 0 Å². The summed E-state index contributed by atoms with van der Waals surface area (Å²) in [6.45, 7) is 0.636. The largest absolute Gasteiger partial charge is 0.480 e. The molecule has 0 saturated carbocycles. The molecular weight excluding hydrogens is 324 g/mol. The van der Waals surface area contributed by atoms with Crippen molar-refractivity contribution in [2.24, 2.45) is 0 Å². The lowest BCUT2D eigenvalue weighted by atomic mass is 9.95. The van der Waals surface area contributed by atoms with Gasteiger partial charge in [0.2, 0.25) is 5.91 Å². The van der Waals surface area contributed by atoms with Crippen LogP contribution < -0.4 is 10.6 Å². The second kappa shape index (κ2) is 9.02. The number of fused-ring (bicyclic) bond motifs is 1. The van der Waals surface area contributed by atoms with Crippen molar-refractivity contribution in [1.29, 1.82) is 0 Å². The van der Waals surface area contributed by atoms with Crippen LogP contribution in [0.5, 0.6) is 0 Å². The zero-order valence-electron chi connectivity index (χ0n) is 12.4. The molecule has 5 nitrogen and oxygen atoms in total. The number of nitrogens with one attached hydrogen (secondary N) is 2. The van der Waals surface area contributed by atoms with E-state index in [9.17, 15) is 9.59 Å².